The Bertz CT molecular complexity index is 415. The molecule has 1 aromatic carbocycles. The number of hydrogen-bond donors (Lipinski definition) is 2. The van der Waals surface area contributed by atoms with E-state index in [4.69, 9.17) is 28.3 Å². The fourth-order valence-corrected chi connectivity index (χ4v) is 2.44. The molecule has 0 radical (unpaired) electrons. The SMILES string of the molecule is CC(C)CC(CNCc1c(Cl)cccc1Cl)C(=O)O. The number of halogens is 2. The lowest BCUT2D eigenvalue weighted by molar-refractivity contribution is -0.142. The Labute approximate surface area is 123 Å². The first-order valence-electron chi connectivity index (χ1n) is 6.28. The third-order valence-corrected chi connectivity index (χ3v) is 3.57. The number of rotatable bonds is 7. The molecule has 1 rings (SSSR count). The highest BCUT2D eigenvalue weighted by Gasteiger charge is 2.18. The first-order valence-corrected chi connectivity index (χ1v) is 7.03. The second-order valence-electron chi connectivity index (χ2n) is 5.00. The minimum Gasteiger partial charge on any atom is -0.481 e. The maximum Gasteiger partial charge on any atom is 0.307 e. The van der Waals surface area contributed by atoms with Gasteiger partial charge >= 0.3 is 5.97 Å². The molecule has 0 saturated carbocycles. The molecule has 0 spiro atoms. The van der Waals surface area contributed by atoms with Crippen LogP contribution in [0.4, 0.5) is 0 Å². The number of carboxylic acids is 1. The smallest absolute Gasteiger partial charge is 0.307 e. The Morgan fingerprint density at radius 1 is 1.32 bits per heavy atom. The van der Waals surface area contributed by atoms with E-state index in [1.54, 1.807) is 18.2 Å². The molecule has 0 aliphatic rings. The van der Waals surface area contributed by atoms with E-state index in [1.165, 1.54) is 0 Å². The summed E-state index contributed by atoms with van der Waals surface area (Å²) in [5.74, 6) is -0.806. The number of benzene rings is 1. The molecule has 1 unspecified atom stereocenters. The lowest BCUT2D eigenvalue weighted by Crippen LogP contribution is -2.29. The molecule has 0 saturated heterocycles. The predicted octanol–water partition coefficient (Wildman–Crippen LogP) is 3.83. The summed E-state index contributed by atoms with van der Waals surface area (Å²) in [4.78, 5) is 11.1. The van der Waals surface area contributed by atoms with Crippen LogP contribution in [0.1, 0.15) is 25.8 Å². The summed E-state index contributed by atoms with van der Waals surface area (Å²) in [6, 6.07) is 5.33. The number of carbonyl (C=O) groups is 1. The molecule has 2 N–H and O–H groups in total. The van der Waals surface area contributed by atoms with Gasteiger partial charge in [-0.25, -0.2) is 0 Å². The standard InChI is InChI=1S/C14H19Cl2NO2/c1-9(2)6-10(14(18)19)7-17-8-11-12(15)4-3-5-13(11)16/h3-5,9-10,17H,6-8H2,1-2H3,(H,18,19). The summed E-state index contributed by atoms with van der Waals surface area (Å²) in [7, 11) is 0. The Morgan fingerprint density at radius 3 is 2.37 bits per heavy atom. The van der Waals surface area contributed by atoms with Crippen LogP contribution in [0.5, 0.6) is 0 Å². The number of hydrogen-bond acceptors (Lipinski definition) is 2. The average molecular weight is 304 g/mol. The molecule has 0 aliphatic carbocycles. The van der Waals surface area contributed by atoms with Crippen molar-refractivity contribution in [1.82, 2.24) is 5.32 Å². The van der Waals surface area contributed by atoms with Crippen LogP contribution in [0.2, 0.25) is 10.0 Å². The van der Waals surface area contributed by atoms with Crippen molar-refractivity contribution >= 4 is 29.2 Å². The monoisotopic (exact) mass is 303 g/mol. The van der Waals surface area contributed by atoms with Crippen LogP contribution in [0, 0.1) is 11.8 Å². The zero-order chi connectivity index (χ0) is 14.4. The summed E-state index contributed by atoms with van der Waals surface area (Å²) in [5.41, 5.74) is 0.805. The van der Waals surface area contributed by atoms with Crippen molar-refractivity contribution in [2.24, 2.45) is 11.8 Å². The molecule has 0 bridgehead atoms. The van der Waals surface area contributed by atoms with Crippen LogP contribution in [0.3, 0.4) is 0 Å². The van der Waals surface area contributed by atoms with Gasteiger partial charge in [0.25, 0.3) is 0 Å². The molecule has 0 fully saturated rings. The lowest BCUT2D eigenvalue weighted by atomic mass is 9.97. The zero-order valence-corrected chi connectivity index (χ0v) is 12.6. The quantitative estimate of drug-likeness (QED) is 0.805. The normalized spacial score (nSPS) is 12.7. The van der Waals surface area contributed by atoms with Gasteiger partial charge in [0.05, 0.1) is 5.92 Å². The molecular formula is C14H19Cl2NO2. The Balaban J connectivity index is 2.54. The van der Waals surface area contributed by atoms with Crippen molar-refractivity contribution in [2.45, 2.75) is 26.8 Å². The largest absolute Gasteiger partial charge is 0.481 e. The molecule has 3 nitrogen and oxygen atoms in total. The molecule has 0 amide bonds. The van der Waals surface area contributed by atoms with Gasteiger partial charge in [-0.05, 0) is 24.5 Å². The van der Waals surface area contributed by atoms with Crippen LogP contribution in [-0.2, 0) is 11.3 Å². The Morgan fingerprint density at radius 2 is 1.89 bits per heavy atom. The van der Waals surface area contributed by atoms with Crippen LogP contribution in [0.25, 0.3) is 0 Å². The molecule has 1 aromatic rings. The third kappa shape index (κ3) is 5.39. The van der Waals surface area contributed by atoms with E-state index in [9.17, 15) is 4.79 Å². The first-order chi connectivity index (χ1) is 8.91. The van der Waals surface area contributed by atoms with Gasteiger partial charge in [0.1, 0.15) is 0 Å². The molecule has 1 atom stereocenters. The second kappa shape index (κ2) is 7.73. The van der Waals surface area contributed by atoms with E-state index in [-0.39, 0.29) is 5.92 Å². The summed E-state index contributed by atoms with van der Waals surface area (Å²) in [6.45, 7) is 4.91. The van der Waals surface area contributed by atoms with Gasteiger partial charge in [-0.15, -0.1) is 0 Å². The summed E-state index contributed by atoms with van der Waals surface area (Å²) in [6.07, 6.45) is 0.651. The van der Waals surface area contributed by atoms with E-state index in [2.05, 4.69) is 5.32 Å². The molecule has 0 heterocycles. The molecule has 106 valence electrons. The highest BCUT2D eigenvalue weighted by molar-refractivity contribution is 6.35. The Hall–Kier alpha value is -0.770. The van der Waals surface area contributed by atoms with Crippen LogP contribution < -0.4 is 5.32 Å². The van der Waals surface area contributed by atoms with E-state index >= 15 is 0 Å². The molecule has 19 heavy (non-hydrogen) atoms. The number of aliphatic carboxylic acids is 1. The van der Waals surface area contributed by atoms with Crippen LogP contribution >= 0.6 is 23.2 Å². The van der Waals surface area contributed by atoms with Crippen LogP contribution in [-0.4, -0.2) is 17.6 Å². The molecule has 5 heteroatoms. The molecule has 0 aliphatic heterocycles. The van der Waals surface area contributed by atoms with Gasteiger partial charge in [0.2, 0.25) is 0 Å². The van der Waals surface area contributed by atoms with Gasteiger partial charge in [-0.2, -0.15) is 0 Å². The maximum atomic E-state index is 11.1. The predicted molar refractivity (Wildman–Crippen MR) is 78.7 cm³/mol. The van der Waals surface area contributed by atoms with Crippen molar-refractivity contribution in [2.75, 3.05) is 6.54 Å². The first kappa shape index (κ1) is 16.3. The number of carboxylic acid groups (broad SMARTS) is 1. The number of nitrogens with one attached hydrogen (secondary N) is 1. The van der Waals surface area contributed by atoms with Gasteiger partial charge in [-0.1, -0.05) is 43.1 Å². The van der Waals surface area contributed by atoms with Gasteiger partial charge < -0.3 is 10.4 Å². The molecule has 0 aromatic heterocycles. The third-order valence-electron chi connectivity index (χ3n) is 2.86. The topological polar surface area (TPSA) is 49.3 Å². The summed E-state index contributed by atoms with van der Waals surface area (Å²) in [5, 5.41) is 13.4. The van der Waals surface area contributed by atoms with Crippen molar-refractivity contribution < 1.29 is 9.90 Å². The van der Waals surface area contributed by atoms with Gasteiger partial charge in [0, 0.05) is 28.7 Å². The van der Waals surface area contributed by atoms with E-state index in [0.29, 0.717) is 35.5 Å². The maximum absolute atomic E-state index is 11.1. The highest BCUT2D eigenvalue weighted by Crippen LogP contribution is 2.24. The van der Waals surface area contributed by atoms with Gasteiger partial charge in [-0.3, -0.25) is 4.79 Å². The van der Waals surface area contributed by atoms with Gasteiger partial charge in [0.15, 0.2) is 0 Å². The summed E-state index contributed by atoms with van der Waals surface area (Å²) < 4.78 is 0. The minimum absolute atomic E-state index is 0.354. The highest BCUT2D eigenvalue weighted by atomic mass is 35.5. The fraction of sp³-hybridized carbons (Fsp3) is 0.500. The van der Waals surface area contributed by atoms with Crippen molar-refractivity contribution in [3.05, 3.63) is 33.8 Å². The average Bonchev–Trinajstić information content (AvgIpc) is 2.30. The zero-order valence-electron chi connectivity index (χ0n) is 11.1. The van der Waals surface area contributed by atoms with Crippen LogP contribution in [0.15, 0.2) is 18.2 Å². The lowest BCUT2D eigenvalue weighted by Gasteiger charge is -2.16. The van der Waals surface area contributed by atoms with E-state index in [0.717, 1.165) is 5.56 Å². The fourth-order valence-electron chi connectivity index (χ4n) is 1.91. The molecular weight excluding hydrogens is 285 g/mol. The Kier molecular flexibility index (Phi) is 6.63. The van der Waals surface area contributed by atoms with E-state index < -0.39 is 5.97 Å². The van der Waals surface area contributed by atoms with Crippen molar-refractivity contribution in [3.63, 3.8) is 0 Å². The van der Waals surface area contributed by atoms with Crippen molar-refractivity contribution in [3.8, 4) is 0 Å². The summed E-state index contributed by atoms with van der Waals surface area (Å²) >= 11 is 12.1. The second-order valence-corrected chi connectivity index (χ2v) is 5.81. The van der Waals surface area contributed by atoms with E-state index in [1.807, 2.05) is 13.8 Å². The van der Waals surface area contributed by atoms with Crippen molar-refractivity contribution in [1.29, 1.82) is 0 Å². The minimum atomic E-state index is -0.772.